The highest BCUT2D eigenvalue weighted by Gasteiger charge is 2.71. The molecule has 11 atom stereocenters. The van der Waals surface area contributed by atoms with Crippen molar-refractivity contribution in [2.75, 3.05) is 13.2 Å². The van der Waals surface area contributed by atoms with Crippen LogP contribution in [0.5, 0.6) is 0 Å². The van der Waals surface area contributed by atoms with Crippen molar-refractivity contribution in [3.8, 4) is 0 Å². The third-order valence-corrected chi connectivity index (χ3v) is 14.0. The molecule has 45 heavy (non-hydrogen) atoms. The van der Waals surface area contributed by atoms with E-state index in [4.69, 9.17) is 18.9 Å². The van der Waals surface area contributed by atoms with Crippen molar-refractivity contribution in [2.45, 2.75) is 135 Å². The van der Waals surface area contributed by atoms with Crippen molar-refractivity contribution in [2.24, 2.45) is 58.2 Å². The molecule has 0 N–H and O–H groups in total. The monoisotopic (exact) mass is 624 g/mol. The van der Waals surface area contributed by atoms with E-state index in [9.17, 15) is 19.2 Å². The van der Waals surface area contributed by atoms with Gasteiger partial charge in [-0.1, -0.05) is 26.7 Å². The average molecular weight is 625 g/mol. The molecule has 10 rings (SSSR count). The van der Waals surface area contributed by atoms with E-state index in [2.05, 4.69) is 13.8 Å². The van der Waals surface area contributed by atoms with Gasteiger partial charge in [0.25, 0.3) is 0 Å². The van der Waals surface area contributed by atoms with Gasteiger partial charge in [-0.2, -0.15) is 0 Å². The zero-order valence-corrected chi connectivity index (χ0v) is 27.3. The molecule has 8 heteroatoms. The van der Waals surface area contributed by atoms with Crippen molar-refractivity contribution >= 4 is 23.5 Å². The van der Waals surface area contributed by atoms with Gasteiger partial charge in [0.15, 0.2) is 5.79 Å². The highest BCUT2D eigenvalue weighted by atomic mass is 16.8. The fourth-order valence-corrected chi connectivity index (χ4v) is 12.4. The Morgan fingerprint density at radius 3 is 2.31 bits per heavy atom. The second-order valence-electron chi connectivity index (χ2n) is 17.2. The van der Waals surface area contributed by atoms with Gasteiger partial charge in [0.1, 0.15) is 37.0 Å². The van der Waals surface area contributed by atoms with Crippen LogP contribution in [0.3, 0.4) is 0 Å². The summed E-state index contributed by atoms with van der Waals surface area (Å²) >= 11 is 0. The van der Waals surface area contributed by atoms with Crippen molar-refractivity contribution in [1.29, 1.82) is 0 Å². The molecule has 0 aromatic heterocycles. The van der Waals surface area contributed by atoms with Crippen LogP contribution < -0.4 is 0 Å². The Hall–Kier alpha value is -1.80. The molecule has 248 valence electrons. The lowest BCUT2D eigenvalue weighted by Crippen LogP contribution is -2.55. The number of Topliss-reactive ketones (excluding diaryl/α,β-unsaturated/α-hetero) is 2. The Kier molecular flexibility index (Phi) is 7.56. The number of carbonyl (C=O) groups excluding carboxylic acids is 4. The van der Waals surface area contributed by atoms with Gasteiger partial charge in [0.05, 0.1) is 5.41 Å². The molecule has 10 aliphatic rings. The topological polar surface area (TPSA) is 105 Å². The first-order chi connectivity index (χ1) is 21.6. The summed E-state index contributed by atoms with van der Waals surface area (Å²) in [5.41, 5.74) is -0.193. The fourth-order valence-electron chi connectivity index (χ4n) is 12.4. The molecular weight excluding hydrogens is 572 g/mol. The van der Waals surface area contributed by atoms with Crippen LogP contribution in [0.25, 0.3) is 0 Å². The first-order valence-corrected chi connectivity index (χ1v) is 18.3. The van der Waals surface area contributed by atoms with Crippen LogP contribution in [0, 0.1) is 58.2 Å². The number of hydrogen-bond acceptors (Lipinski definition) is 8. The summed E-state index contributed by atoms with van der Waals surface area (Å²) in [7, 11) is 0. The molecule has 0 radical (unpaired) electrons. The molecule has 0 aromatic rings. The maximum Gasteiger partial charge on any atom is 0.312 e. The number of ketones is 2. The number of carbonyl (C=O) groups is 4. The fraction of sp³-hybridized carbons (Fsp3) is 0.892. The molecule has 1 spiro atoms. The summed E-state index contributed by atoms with van der Waals surface area (Å²) in [6, 6.07) is 0. The van der Waals surface area contributed by atoms with Gasteiger partial charge in [-0.05, 0) is 100 Å². The molecular formula is C37H52O8. The molecule has 0 aromatic carbocycles. The predicted molar refractivity (Wildman–Crippen MR) is 162 cm³/mol. The predicted octanol–water partition coefficient (Wildman–Crippen LogP) is 5.97. The zero-order chi connectivity index (χ0) is 31.1. The SMILES string of the molecule is CCCC1CCC(=O)C(CCC(=O)OCC2OC3(OC2COC(=O)C24CC5CC(C2)C(=O)C(C5)C4)C2CC4CC(C)(C2)CC43)C1. The van der Waals surface area contributed by atoms with E-state index >= 15 is 0 Å². The molecule has 1 heterocycles. The third kappa shape index (κ3) is 5.14. The molecule has 10 fully saturated rings. The molecule has 8 bridgehead atoms. The average Bonchev–Trinajstić information content (AvgIpc) is 3.56. The minimum atomic E-state index is -0.690. The lowest BCUT2D eigenvalue weighted by molar-refractivity contribution is -0.248. The van der Waals surface area contributed by atoms with Crippen LogP contribution in [0.2, 0.25) is 0 Å². The van der Waals surface area contributed by atoms with E-state index < -0.39 is 23.4 Å². The maximum atomic E-state index is 13.7. The van der Waals surface area contributed by atoms with Crippen molar-refractivity contribution in [3.05, 3.63) is 0 Å². The van der Waals surface area contributed by atoms with Gasteiger partial charge >= 0.3 is 11.9 Å². The van der Waals surface area contributed by atoms with Gasteiger partial charge in [-0.25, -0.2) is 0 Å². The second kappa shape index (κ2) is 11.1. The smallest absolute Gasteiger partial charge is 0.312 e. The van der Waals surface area contributed by atoms with Gasteiger partial charge in [-0.15, -0.1) is 0 Å². The summed E-state index contributed by atoms with van der Waals surface area (Å²) in [6.45, 7) is 4.72. The van der Waals surface area contributed by atoms with E-state index in [1.54, 1.807) is 0 Å². The van der Waals surface area contributed by atoms with E-state index in [-0.39, 0.29) is 55.1 Å². The molecule has 0 amide bonds. The number of ether oxygens (including phenoxy) is 4. The van der Waals surface area contributed by atoms with Crippen LogP contribution in [0.1, 0.15) is 117 Å². The van der Waals surface area contributed by atoms with Crippen LogP contribution in [-0.2, 0) is 38.1 Å². The Morgan fingerprint density at radius 2 is 1.60 bits per heavy atom. The highest BCUT2D eigenvalue weighted by Crippen LogP contribution is 2.70. The highest BCUT2D eigenvalue weighted by molar-refractivity contribution is 5.89. The molecule has 9 aliphatic carbocycles. The maximum absolute atomic E-state index is 13.7. The summed E-state index contributed by atoms with van der Waals surface area (Å²) < 4.78 is 25.6. The van der Waals surface area contributed by atoms with Crippen LogP contribution in [-0.4, -0.2) is 54.7 Å². The largest absolute Gasteiger partial charge is 0.463 e. The summed E-state index contributed by atoms with van der Waals surface area (Å²) in [6.07, 6.45) is 12.9. The van der Waals surface area contributed by atoms with E-state index in [1.807, 2.05) is 0 Å². The third-order valence-electron chi connectivity index (χ3n) is 14.0. The number of esters is 2. The lowest BCUT2D eigenvalue weighted by atomic mass is 9.49. The van der Waals surface area contributed by atoms with E-state index in [1.165, 1.54) is 6.42 Å². The van der Waals surface area contributed by atoms with Gasteiger partial charge in [-0.3, -0.25) is 19.2 Å². The van der Waals surface area contributed by atoms with Gasteiger partial charge in [0.2, 0.25) is 0 Å². The number of hydrogen-bond donors (Lipinski definition) is 0. The Balaban J connectivity index is 0.919. The van der Waals surface area contributed by atoms with Crippen LogP contribution in [0.15, 0.2) is 0 Å². The van der Waals surface area contributed by atoms with E-state index in [0.29, 0.717) is 66.5 Å². The Bertz CT molecular complexity index is 1220. The summed E-state index contributed by atoms with van der Waals surface area (Å²) in [4.78, 5) is 52.0. The van der Waals surface area contributed by atoms with Gasteiger partial charge in [0, 0.05) is 42.4 Å². The minimum absolute atomic E-state index is 0.0115. The van der Waals surface area contributed by atoms with Crippen LogP contribution >= 0.6 is 0 Å². The summed E-state index contributed by atoms with van der Waals surface area (Å²) in [5.74, 6) is 1.69. The molecule has 1 aliphatic heterocycles. The first kappa shape index (κ1) is 30.5. The molecule has 8 nitrogen and oxygen atoms in total. The first-order valence-electron chi connectivity index (χ1n) is 18.3. The second-order valence-corrected chi connectivity index (χ2v) is 17.2. The van der Waals surface area contributed by atoms with Crippen molar-refractivity contribution in [1.82, 2.24) is 0 Å². The zero-order valence-electron chi connectivity index (χ0n) is 27.3. The normalized spacial score (nSPS) is 48.9. The van der Waals surface area contributed by atoms with Crippen molar-refractivity contribution in [3.63, 3.8) is 0 Å². The molecule has 11 unspecified atom stereocenters. The minimum Gasteiger partial charge on any atom is -0.463 e. The molecule has 1 saturated heterocycles. The Morgan fingerprint density at radius 1 is 0.867 bits per heavy atom. The van der Waals surface area contributed by atoms with E-state index in [0.717, 1.165) is 64.2 Å². The van der Waals surface area contributed by atoms with Crippen molar-refractivity contribution < 1.29 is 38.1 Å². The Labute approximate surface area is 267 Å². The molecule has 9 saturated carbocycles. The number of rotatable bonds is 10. The van der Waals surface area contributed by atoms with Gasteiger partial charge < -0.3 is 18.9 Å². The standard InChI is InChI=1S/C37H52O8/c1-3-4-21-5-7-29(38)23(9-21)6-8-32(39)42-19-30-31(45-37(44-30)27-12-24-14-35(2,17-27)18-28(24)37)20-43-34(41)36-13-22-10-25(15-36)33(40)26(11-22)16-36/h21-28,30-31H,3-20H2,1-2H3. The lowest BCUT2D eigenvalue weighted by Gasteiger charge is -2.54. The quantitative estimate of drug-likeness (QED) is 0.274. The summed E-state index contributed by atoms with van der Waals surface area (Å²) in [5, 5.41) is 0. The van der Waals surface area contributed by atoms with Crippen LogP contribution in [0.4, 0.5) is 0 Å².